The molecule has 3 heteroatoms. The van der Waals surface area contributed by atoms with Gasteiger partial charge in [-0.2, -0.15) is 4.37 Å². The molecule has 0 radical (unpaired) electrons. The zero-order valence-corrected chi connectivity index (χ0v) is 9.58. The van der Waals surface area contributed by atoms with Crippen molar-refractivity contribution in [1.29, 1.82) is 0 Å². The van der Waals surface area contributed by atoms with Gasteiger partial charge in [-0.25, -0.2) is 0 Å². The summed E-state index contributed by atoms with van der Waals surface area (Å²) in [7, 11) is 0. The molecule has 15 heavy (non-hydrogen) atoms. The minimum Gasteiger partial charge on any atom is -0.383 e. The normalized spacial score (nSPS) is 12.7. The van der Waals surface area contributed by atoms with Crippen molar-refractivity contribution in [2.24, 2.45) is 0 Å². The monoisotopic (exact) mass is 219 g/mol. The van der Waals surface area contributed by atoms with Gasteiger partial charge in [-0.05, 0) is 37.0 Å². The van der Waals surface area contributed by atoms with Gasteiger partial charge in [-0.15, -0.1) is 0 Å². The second-order valence-electron chi connectivity index (χ2n) is 3.68. The van der Waals surface area contributed by atoms with Crippen LogP contribution < -0.4 is 0 Å². The Morgan fingerprint density at radius 3 is 2.40 bits per heavy atom. The highest BCUT2D eigenvalue weighted by molar-refractivity contribution is 7.05. The van der Waals surface area contributed by atoms with Gasteiger partial charge in [0.1, 0.15) is 6.10 Å². The highest BCUT2D eigenvalue weighted by Crippen LogP contribution is 2.25. The maximum absolute atomic E-state index is 10.1. The maximum Gasteiger partial charge on any atom is 0.115 e. The van der Waals surface area contributed by atoms with E-state index in [1.54, 1.807) is 0 Å². The number of rotatable bonds is 2. The van der Waals surface area contributed by atoms with Crippen LogP contribution in [0.1, 0.15) is 27.8 Å². The third kappa shape index (κ3) is 2.25. The average Bonchev–Trinajstić information content (AvgIpc) is 2.65. The van der Waals surface area contributed by atoms with E-state index >= 15 is 0 Å². The molecule has 1 aromatic carbocycles. The van der Waals surface area contributed by atoms with Crippen LogP contribution in [0.3, 0.4) is 0 Å². The van der Waals surface area contributed by atoms with Crippen LogP contribution in [0.4, 0.5) is 0 Å². The quantitative estimate of drug-likeness (QED) is 0.842. The first-order valence-electron chi connectivity index (χ1n) is 4.84. The molecule has 0 saturated carbocycles. The molecule has 0 aliphatic carbocycles. The Bertz CT molecular complexity index is 447. The van der Waals surface area contributed by atoms with Crippen molar-refractivity contribution in [2.45, 2.75) is 20.0 Å². The maximum atomic E-state index is 10.1. The third-order valence-electron chi connectivity index (χ3n) is 2.31. The second kappa shape index (κ2) is 4.13. The number of benzene rings is 1. The Kier molecular flexibility index (Phi) is 2.84. The topological polar surface area (TPSA) is 33.1 Å². The van der Waals surface area contributed by atoms with Gasteiger partial charge in [0.15, 0.2) is 0 Å². The summed E-state index contributed by atoms with van der Waals surface area (Å²) in [5.74, 6) is 0. The van der Waals surface area contributed by atoms with E-state index in [0.29, 0.717) is 0 Å². The van der Waals surface area contributed by atoms with E-state index < -0.39 is 6.10 Å². The first-order chi connectivity index (χ1) is 7.16. The average molecular weight is 219 g/mol. The molecule has 2 nitrogen and oxygen atoms in total. The van der Waals surface area contributed by atoms with Crippen molar-refractivity contribution in [2.75, 3.05) is 0 Å². The standard InChI is InChI=1S/C12H13NOS/c1-8-3-5-10(6-4-8)12(14)11-7-9(2)13-15-11/h3-7,12,14H,1-2H3. The van der Waals surface area contributed by atoms with E-state index in [9.17, 15) is 5.11 Å². The molecular weight excluding hydrogens is 206 g/mol. The lowest BCUT2D eigenvalue weighted by molar-refractivity contribution is 0.224. The van der Waals surface area contributed by atoms with Crippen LogP contribution in [0.15, 0.2) is 30.3 Å². The number of aliphatic hydroxyl groups is 1. The first-order valence-corrected chi connectivity index (χ1v) is 5.62. The van der Waals surface area contributed by atoms with E-state index in [2.05, 4.69) is 4.37 Å². The molecule has 1 unspecified atom stereocenters. The van der Waals surface area contributed by atoms with Gasteiger partial charge >= 0.3 is 0 Å². The fraction of sp³-hybridized carbons (Fsp3) is 0.250. The number of hydrogen-bond acceptors (Lipinski definition) is 3. The Hall–Kier alpha value is -1.19. The number of hydrogen-bond donors (Lipinski definition) is 1. The highest BCUT2D eigenvalue weighted by Gasteiger charge is 2.12. The summed E-state index contributed by atoms with van der Waals surface area (Å²) >= 11 is 1.36. The Morgan fingerprint density at radius 2 is 1.87 bits per heavy atom. The second-order valence-corrected chi connectivity index (χ2v) is 4.52. The zero-order chi connectivity index (χ0) is 10.8. The predicted molar refractivity (Wildman–Crippen MR) is 62.1 cm³/mol. The minimum absolute atomic E-state index is 0.545. The highest BCUT2D eigenvalue weighted by atomic mass is 32.1. The molecule has 0 spiro atoms. The van der Waals surface area contributed by atoms with E-state index in [-0.39, 0.29) is 0 Å². The molecule has 0 aliphatic rings. The predicted octanol–water partition coefficient (Wildman–Crippen LogP) is 2.84. The van der Waals surface area contributed by atoms with Crippen molar-refractivity contribution < 1.29 is 5.11 Å². The minimum atomic E-state index is -0.545. The molecule has 2 rings (SSSR count). The fourth-order valence-corrected chi connectivity index (χ4v) is 2.19. The van der Waals surface area contributed by atoms with Gasteiger partial charge in [0, 0.05) is 0 Å². The Morgan fingerprint density at radius 1 is 1.20 bits per heavy atom. The largest absolute Gasteiger partial charge is 0.383 e. The molecule has 0 saturated heterocycles. The van der Waals surface area contributed by atoms with Gasteiger partial charge in [-0.1, -0.05) is 29.8 Å². The molecule has 2 aromatic rings. The summed E-state index contributed by atoms with van der Waals surface area (Å²) in [6.07, 6.45) is -0.545. The van der Waals surface area contributed by atoms with Crippen molar-refractivity contribution >= 4 is 11.5 Å². The van der Waals surface area contributed by atoms with E-state index in [0.717, 1.165) is 16.1 Å². The lowest BCUT2D eigenvalue weighted by Crippen LogP contribution is -1.96. The van der Waals surface area contributed by atoms with Crippen LogP contribution in [0.5, 0.6) is 0 Å². The molecule has 0 aliphatic heterocycles. The van der Waals surface area contributed by atoms with Crippen molar-refractivity contribution in [3.05, 3.63) is 52.0 Å². The summed E-state index contributed by atoms with van der Waals surface area (Å²) in [6, 6.07) is 9.85. The third-order valence-corrected chi connectivity index (χ3v) is 3.24. The summed E-state index contributed by atoms with van der Waals surface area (Å²) in [5.41, 5.74) is 3.08. The van der Waals surface area contributed by atoms with Gasteiger partial charge in [0.25, 0.3) is 0 Å². The molecule has 1 heterocycles. The number of aryl methyl sites for hydroxylation is 2. The van der Waals surface area contributed by atoms with Crippen LogP contribution >= 0.6 is 11.5 Å². The van der Waals surface area contributed by atoms with Crippen LogP contribution in [0.2, 0.25) is 0 Å². The number of aliphatic hydroxyl groups excluding tert-OH is 1. The molecule has 0 amide bonds. The van der Waals surface area contributed by atoms with E-state index in [4.69, 9.17) is 0 Å². The number of aromatic nitrogens is 1. The fourth-order valence-electron chi connectivity index (χ4n) is 1.43. The molecule has 1 aromatic heterocycles. The van der Waals surface area contributed by atoms with Crippen LogP contribution in [-0.4, -0.2) is 9.48 Å². The SMILES string of the molecule is Cc1ccc(C(O)c2cc(C)ns2)cc1. The molecule has 1 atom stereocenters. The summed E-state index contributed by atoms with van der Waals surface area (Å²) in [6.45, 7) is 3.97. The van der Waals surface area contributed by atoms with Gasteiger partial charge < -0.3 is 5.11 Å². The number of nitrogens with zero attached hydrogens (tertiary/aromatic N) is 1. The summed E-state index contributed by atoms with van der Waals surface area (Å²) < 4.78 is 4.16. The molecular formula is C12H13NOS. The molecule has 0 fully saturated rings. The smallest absolute Gasteiger partial charge is 0.115 e. The van der Waals surface area contributed by atoms with Crippen molar-refractivity contribution in [3.63, 3.8) is 0 Å². The van der Waals surface area contributed by atoms with Gasteiger partial charge in [0.05, 0.1) is 10.6 Å². The van der Waals surface area contributed by atoms with E-state index in [1.807, 2.05) is 44.2 Å². The lowest BCUT2D eigenvalue weighted by Gasteiger charge is -2.08. The Balaban J connectivity index is 2.28. The van der Waals surface area contributed by atoms with E-state index in [1.165, 1.54) is 17.1 Å². The lowest BCUT2D eigenvalue weighted by atomic mass is 10.1. The summed E-state index contributed by atoms with van der Waals surface area (Å²) in [5, 5.41) is 10.1. The molecule has 1 N–H and O–H groups in total. The van der Waals surface area contributed by atoms with Crippen molar-refractivity contribution in [3.8, 4) is 0 Å². The van der Waals surface area contributed by atoms with Crippen LogP contribution in [0.25, 0.3) is 0 Å². The first kappa shape index (κ1) is 10.3. The summed E-state index contributed by atoms with van der Waals surface area (Å²) in [4.78, 5) is 0.899. The molecule has 0 bridgehead atoms. The van der Waals surface area contributed by atoms with Gasteiger partial charge in [0.2, 0.25) is 0 Å². The van der Waals surface area contributed by atoms with Gasteiger partial charge in [-0.3, -0.25) is 0 Å². The van der Waals surface area contributed by atoms with Crippen LogP contribution in [0, 0.1) is 13.8 Å². The van der Waals surface area contributed by atoms with Crippen LogP contribution in [-0.2, 0) is 0 Å². The zero-order valence-electron chi connectivity index (χ0n) is 8.77. The Labute approximate surface area is 93.4 Å². The van der Waals surface area contributed by atoms with Crippen molar-refractivity contribution in [1.82, 2.24) is 4.37 Å². The molecule has 78 valence electrons.